The van der Waals surface area contributed by atoms with E-state index in [0.29, 0.717) is 22.6 Å². The Labute approximate surface area is 238 Å². The number of carboxylic acid groups (broad SMARTS) is 1. The molecule has 41 heavy (non-hydrogen) atoms. The number of nitrogens with zero attached hydrogens (tertiary/aromatic N) is 2. The molecule has 10 heteroatoms. The second-order valence-electron chi connectivity index (χ2n) is 10.5. The number of piperidine rings is 1. The van der Waals surface area contributed by atoms with E-state index in [-0.39, 0.29) is 29.6 Å². The van der Waals surface area contributed by atoms with Crippen LogP contribution in [0.3, 0.4) is 0 Å². The van der Waals surface area contributed by atoms with Gasteiger partial charge in [-0.1, -0.05) is 18.2 Å². The molecule has 1 aromatic heterocycles. The number of carbonyl (C=O) groups is 3. The molecule has 0 spiro atoms. The van der Waals surface area contributed by atoms with Gasteiger partial charge in [-0.3, -0.25) is 9.59 Å². The van der Waals surface area contributed by atoms with Crippen molar-refractivity contribution in [2.24, 2.45) is 0 Å². The Morgan fingerprint density at radius 1 is 0.951 bits per heavy atom. The Hall–Kier alpha value is -4.60. The maximum absolute atomic E-state index is 13.1. The van der Waals surface area contributed by atoms with Gasteiger partial charge in [-0.05, 0) is 74.6 Å². The number of ether oxygens (including phenoxy) is 2. The second-order valence-corrected chi connectivity index (χ2v) is 10.5. The van der Waals surface area contributed by atoms with E-state index < -0.39 is 17.9 Å². The minimum atomic E-state index is -1.21. The van der Waals surface area contributed by atoms with Crippen molar-refractivity contribution in [3.05, 3.63) is 83.0 Å². The Balaban J connectivity index is 1.22. The van der Waals surface area contributed by atoms with Crippen LogP contribution in [-0.2, 0) is 4.79 Å². The molecular formula is C31H34N4O6. The standard InChI is InChI=1S/C31H34N4O6/c1-18-25(5-4-6-26(18)41-3)30(37)33-21-15-22-10-11-23(16-21)35(22)27-14-9-20(17-32-27)29(36)34-28(31(38)39)19-7-12-24(40-2)13-8-19/h4-9,12-14,17,21-23,28H,10-11,15-16H2,1-3H3,(H,33,37)(H,34,36)(H,38,39)/t21-,22+,23-,28-/m0/s1. The SMILES string of the molecule is COc1ccc([C@H](NC(=O)c2ccc(N3[C@@H]4CC[C@H]3C[C@@H](NC(=O)c3cccc(OC)c3C)C4)nc2)C(=O)O)cc1. The number of aliphatic carboxylic acids is 1. The molecule has 2 saturated heterocycles. The van der Waals surface area contributed by atoms with E-state index in [2.05, 4.69) is 20.5 Å². The molecule has 2 amide bonds. The fraction of sp³-hybridized carbons (Fsp3) is 0.355. The van der Waals surface area contributed by atoms with Crippen molar-refractivity contribution in [1.29, 1.82) is 0 Å². The summed E-state index contributed by atoms with van der Waals surface area (Å²) in [6.07, 6.45) is 5.09. The van der Waals surface area contributed by atoms with Gasteiger partial charge in [-0.15, -0.1) is 0 Å². The Bertz CT molecular complexity index is 1410. The normalized spacial score (nSPS) is 20.2. The summed E-state index contributed by atoms with van der Waals surface area (Å²) < 4.78 is 10.5. The third kappa shape index (κ3) is 5.82. The van der Waals surface area contributed by atoms with Gasteiger partial charge in [0, 0.05) is 35.4 Å². The first-order chi connectivity index (χ1) is 19.8. The zero-order valence-corrected chi connectivity index (χ0v) is 23.3. The van der Waals surface area contributed by atoms with E-state index in [1.807, 2.05) is 31.2 Å². The number of hydrogen-bond donors (Lipinski definition) is 3. The summed E-state index contributed by atoms with van der Waals surface area (Å²) in [7, 11) is 3.12. The lowest BCUT2D eigenvalue weighted by molar-refractivity contribution is -0.139. The van der Waals surface area contributed by atoms with Gasteiger partial charge >= 0.3 is 5.97 Å². The third-order valence-corrected chi connectivity index (χ3v) is 8.06. The summed E-state index contributed by atoms with van der Waals surface area (Å²) in [5.41, 5.74) is 2.15. The molecule has 2 aliphatic rings. The molecule has 0 radical (unpaired) electrons. The summed E-state index contributed by atoms with van der Waals surface area (Å²) in [5, 5.41) is 15.5. The zero-order valence-electron chi connectivity index (χ0n) is 23.3. The number of hydrogen-bond acceptors (Lipinski definition) is 7. The lowest BCUT2D eigenvalue weighted by Crippen LogP contribution is -2.50. The quantitative estimate of drug-likeness (QED) is 0.361. The van der Waals surface area contributed by atoms with Gasteiger partial charge in [0.25, 0.3) is 11.8 Å². The minimum Gasteiger partial charge on any atom is -0.497 e. The van der Waals surface area contributed by atoms with E-state index in [4.69, 9.17) is 9.47 Å². The van der Waals surface area contributed by atoms with Crippen molar-refractivity contribution in [3.63, 3.8) is 0 Å². The molecule has 0 aliphatic carbocycles. The minimum absolute atomic E-state index is 0.0535. The van der Waals surface area contributed by atoms with Crippen LogP contribution in [0.15, 0.2) is 60.8 Å². The molecule has 0 unspecified atom stereocenters. The topological polar surface area (TPSA) is 130 Å². The summed E-state index contributed by atoms with van der Waals surface area (Å²) in [4.78, 5) is 44.7. The molecule has 2 bridgehead atoms. The van der Waals surface area contributed by atoms with Gasteiger partial charge in [-0.25, -0.2) is 9.78 Å². The molecule has 3 heterocycles. The second kappa shape index (κ2) is 11.9. The van der Waals surface area contributed by atoms with Crippen molar-refractivity contribution in [1.82, 2.24) is 15.6 Å². The molecule has 2 aromatic carbocycles. The van der Waals surface area contributed by atoms with Gasteiger partial charge in [0.05, 0.1) is 19.8 Å². The van der Waals surface area contributed by atoms with E-state index in [1.54, 1.807) is 37.4 Å². The van der Waals surface area contributed by atoms with Crippen LogP contribution in [0, 0.1) is 6.92 Å². The molecular weight excluding hydrogens is 524 g/mol. The first kappa shape index (κ1) is 27.9. The van der Waals surface area contributed by atoms with E-state index in [0.717, 1.165) is 37.1 Å². The number of pyridine rings is 1. The summed E-state index contributed by atoms with van der Waals surface area (Å²) in [5.74, 6) is 0.270. The van der Waals surface area contributed by atoms with Gasteiger partial charge < -0.3 is 30.1 Å². The van der Waals surface area contributed by atoms with Crippen molar-refractivity contribution in [3.8, 4) is 11.5 Å². The molecule has 2 fully saturated rings. The van der Waals surface area contributed by atoms with Gasteiger partial charge in [-0.2, -0.15) is 0 Å². The fourth-order valence-corrected chi connectivity index (χ4v) is 5.99. The maximum atomic E-state index is 13.1. The van der Waals surface area contributed by atoms with E-state index >= 15 is 0 Å². The van der Waals surface area contributed by atoms with Crippen LogP contribution in [0.1, 0.15) is 63.6 Å². The Kier molecular flexibility index (Phi) is 8.09. The molecule has 3 N–H and O–H groups in total. The molecule has 3 aromatic rings. The first-order valence-corrected chi connectivity index (χ1v) is 13.7. The number of fused-ring (bicyclic) bond motifs is 2. The number of nitrogens with one attached hydrogen (secondary N) is 2. The first-order valence-electron chi connectivity index (χ1n) is 13.7. The summed E-state index contributed by atoms with van der Waals surface area (Å²) in [6.45, 7) is 1.89. The summed E-state index contributed by atoms with van der Waals surface area (Å²) in [6, 6.07) is 14.8. The average molecular weight is 559 g/mol. The van der Waals surface area contributed by atoms with Crippen molar-refractivity contribution in [2.75, 3.05) is 19.1 Å². The highest BCUT2D eigenvalue weighted by Gasteiger charge is 2.42. The summed E-state index contributed by atoms with van der Waals surface area (Å²) >= 11 is 0. The van der Waals surface area contributed by atoms with E-state index in [9.17, 15) is 19.5 Å². The van der Waals surface area contributed by atoms with Crippen molar-refractivity contribution in [2.45, 2.75) is 56.8 Å². The third-order valence-electron chi connectivity index (χ3n) is 8.06. The van der Waals surface area contributed by atoms with Crippen LogP contribution in [-0.4, -0.2) is 60.2 Å². The van der Waals surface area contributed by atoms with E-state index in [1.165, 1.54) is 13.3 Å². The monoisotopic (exact) mass is 558 g/mol. The van der Waals surface area contributed by atoms with Crippen LogP contribution >= 0.6 is 0 Å². The average Bonchev–Trinajstić information content (AvgIpc) is 3.25. The van der Waals surface area contributed by atoms with Crippen LogP contribution in [0.2, 0.25) is 0 Å². The largest absolute Gasteiger partial charge is 0.497 e. The Morgan fingerprint density at radius 3 is 2.24 bits per heavy atom. The molecule has 214 valence electrons. The number of aromatic nitrogens is 1. The number of benzene rings is 2. The predicted octanol–water partition coefficient (Wildman–Crippen LogP) is 3.89. The smallest absolute Gasteiger partial charge is 0.330 e. The highest BCUT2D eigenvalue weighted by atomic mass is 16.5. The number of rotatable bonds is 9. The number of methoxy groups -OCH3 is 2. The van der Waals surface area contributed by atoms with Crippen molar-refractivity contribution < 1.29 is 29.0 Å². The number of anilines is 1. The molecule has 5 rings (SSSR count). The fourth-order valence-electron chi connectivity index (χ4n) is 5.99. The predicted molar refractivity (Wildman–Crippen MR) is 153 cm³/mol. The molecule has 10 nitrogen and oxygen atoms in total. The maximum Gasteiger partial charge on any atom is 0.330 e. The molecule has 0 saturated carbocycles. The highest BCUT2D eigenvalue weighted by molar-refractivity contribution is 5.97. The molecule has 2 aliphatic heterocycles. The van der Waals surface area contributed by atoms with Crippen LogP contribution in [0.25, 0.3) is 0 Å². The van der Waals surface area contributed by atoms with Gasteiger partial charge in [0.15, 0.2) is 6.04 Å². The highest BCUT2D eigenvalue weighted by Crippen LogP contribution is 2.38. The number of carbonyl (C=O) groups excluding carboxylic acids is 2. The van der Waals surface area contributed by atoms with Gasteiger partial charge in [0.2, 0.25) is 0 Å². The van der Waals surface area contributed by atoms with Crippen LogP contribution in [0.4, 0.5) is 5.82 Å². The number of carboxylic acids is 1. The lowest BCUT2D eigenvalue weighted by atomic mass is 9.96. The van der Waals surface area contributed by atoms with Crippen LogP contribution in [0.5, 0.6) is 11.5 Å². The zero-order chi connectivity index (χ0) is 29.1. The molecule has 4 atom stereocenters. The number of amides is 2. The Morgan fingerprint density at radius 2 is 1.66 bits per heavy atom. The van der Waals surface area contributed by atoms with Crippen molar-refractivity contribution >= 4 is 23.6 Å². The lowest BCUT2D eigenvalue weighted by Gasteiger charge is -2.40. The van der Waals surface area contributed by atoms with Gasteiger partial charge in [0.1, 0.15) is 17.3 Å². The van der Waals surface area contributed by atoms with Crippen LogP contribution < -0.4 is 25.0 Å².